The lowest BCUT2D eigenvalue weighted by Gasteiger charge is -2.13. The number of pyridine rings is 1. The molecule has 2 aromatic heterocycles. The Labute approximate surface area is 198 Å². The highest BCUT2D eigenvalue weighted by Gasteiger charge is 2.28. The molecule has 0 saturated carbocycles. The topological polar surface area (TPSA) is 96.6 Å². The summed E-state index contributed by atoms with van der Waals surface area (Å²) in [5, 5.41) is 7.79. The predicted octanol–water partition coefficient (Wildman–Crippen LogP) is 4.80. The molecule has 0 bridgehead atoms. The molecule has 4 rings (SSSR count). The molecule has 1 aromatic carbocycles. The maximum absolute atomic E-state index is 12.8. The summed E-state index contributed by atoms with van der Waals surface area (Å²) in [4.78, 5) is 29.2. The maximum Gasteiger partial charge on any atom is 0.287 e. The number of aryl methyl sites for hydroxylation is 1. The molecule has 2 heterocycles. The van der Waals surface area contributed by atoms with Crippen LogP contribution in [0.4, 0.5) is 0 Å². The van der Waals surface area contributed by atoms with E-state index in [2.05, 4.69) is 36.8 Å². The molecule has 0 spiro atoms. The van der Waals surface area contributed by atoms with Crippen molar-refractivity contribution in [1.82, 2.24) is 15.7 Å². The summed E-state index contributed by atoms with van der Waals surface area (Å²) < 4.78 is 6.60. The van der Waals surface area contributed by atoms with E-state index in [-0.39, 0.29) is 17.6 Å². The molecule has 164 valence electrons. The van der Waals surface area contributed by atoms with Crippen molar-refractivity contribution in [2.75, 3.05) is 0 Å². The van der Waals surface area contributed by atoms with Gasteiger partial charge in [-0.15, -0.1) is 0 Å². The number of fused-ring (bicyclic) bond motifs is 1. The summed E-state index contributed by atoms with van der Waals surface area (Å²) in [6.07, 6.45) is 5.26. The molecule has 1 aliphatic rings. The third-order valence-corrected chi connectivity index (χ3v) is 5.99. The second-order valence-corrected chi connectivity index (χ2v) is 8.70. The van der Waals surface area contributed by atoms with Gasteiger partial charge in [0.05, 0.1) is 11.3 Å². The van der Waals surface area contributed by atoms with Gasteiger partial charge in [0.2, 0.25) is 0 Å². The van der Waals surface area contributed by atoms with Gasteiger partial charge in [-0.05, 0) is 53.4 Å². The van der Waals surface area contributed by atoms with Crippen molar-refractivity contribution in [2.45, 2.75) is 32.7 Å². The number of nitrogens with zero attached hydrogens (tertiary/aromatic N) is 2. The van der Waals surface area contributed by atoms with E-state index >= 15 is 0 Å². The molecular formula is C23H20BrClN4O3. The van der Waals surface area contributed by atoms with Crippen LogP contribution in [0.25, 0.3) is 0 Å². The molecule has 32 heavy (non-hydrogen) atoms. The lowest BCUT2D eigenvalue weighted by Crippen LogP contribution is -2.24. The van der Waals surface area contributed by atoms with Gasteiger partial charge in [-0.3, -0.25) is 14.6 Å². The number of hydrogen-bond acceptors (Lipinski definition) is 5. The van der Waals surface area contributed by atoms with Crippen molar-refractivity contribution in [3.63, 3.8) is 0 Å². The van der Waals surface area contributed by atoms with Crippen LogP contribution in [0, 0.1) is 6.92 Å². The number of carbonyl (C=O) groups is 2. The van der Waals surface area contributed by atoms with Crippen molar-refractivity contribution in [2.24, 2.45) is 5.10 Å². The lowest BCUT2D eigenvalue weighted by atomic mass is 9.93. The Morgan fingerprint density at radius 1 is 1.22 bits per heavy atom. The Hall–Kier alpha value is -2.97. The van der Waals surface area contributed by atoms with Crippen LogP contribution in [0.3, 0.4) is 0 Å². The number of benzene rings is 1. The Balaban J connectivity index is 1.52. The lowest BCUT2D eigenvalue weighted by molar-refractivity contribution is 0.0919. The first-order valence-corrected chi connectivity index (χ1v) is 11.2. The predicted molar refractivity (Wildman–Crippen MR) is 125 cm³/mol. The quantitative estimate of drug-likeness (QED) is 0.477. The van der Waals surface area contributed by atoms with E-state index in [1.807, 2.05) is 25.1 Å². The average molecular weight is 516 g/mol. The molecule has 3 aromatic rings. The fourth-order valence-electron chi connectivity index (χ4n) is 3.61. The monoisotopic (exact) mass is 514 g/mol. The number of halogens is 2. The zero-order valence-electron chi connectivity index (χ0n) is 17.2. The highest BCUT2D eigenvalue weighted by molar-refractivity contribution is 9.10. The van der Waals surface area contributed by atoms with Gasteiger partial charge in [-0.2, -0.15) is 5.10 Å². The van der Waals surface area contributed by atoms with E-state index in [0.717, 1.165) is 17.5 Å². The van der Waals surface area contributed by atoms with Crippen molar-refractivity contribution in [3.05, 3.63) is 86.0 Å². The highest BCUT2D eigenvalue weighted by Crippen LogP contribution is 2.30. The summed E-state index contributed by atoms with van der Waals surface area (Å²) in [7, 11) is 0. The molecular weight excluding hydrogens is 496 g/mol. The standard InChI is InChI=1S/C23H20BrClN4O3/c1-13-20-18(28-29-22(30)15-9-16(24)12-26-10-15)7-4-8-19(20)32-21(13)23(31)27-11-14-5-2-3-6-17(14)25/h2-3,5-6,9-10,12H,4,7-8,11H2,1H3,(H,27,31)(H,29,30)/b28-18+. The van der Waals surface area contributed by atoms with E-state index < -0.39 is 0 Å². The van der Waals surface area contributed by atoms with Gasteiger partial charge in [0.25, 0.3) is 11.8 Å². The number of amides is 2. The van der Waals surface area contributed by atoms with E-state index in [1.165, 1.54) is 6.20 Å². The van der Waals surface area contributed by atoms with Gasteiger partial charge in [-0.25, -0.2) is 5.43 Å². The van der Waals surface area contributed by atoms with Crippen molar-refractivity contribution in [1.29, 1.82) is 0 Å². The van der Waals surface area contributed by atoms with Gasteiger partial charge in [0, 0.05) is 46.0 Å². The average Bonchev–Trinajstić information content (AvgIpc) is 3.14. The molecule has 0 atom stereocenters. The first kappa shape index (κ1) is 22.2. The van der Waals surface area contributed by atoms with Crippen molar-refractivity contribution in [3.8, 4) is 0 Å². The van der Waals surface area contributed by atoms with Gasteiger partial charge >= 0.3 is 0 Å². The van der Waals surface area contributed by atoms with Crippen LogP contribution in [0.1, 0.15) is 56.2 Å². The van der Waals surface area contributed by atoms with Gasteiger partial charge in [0.15, 0.2) is 5.76 Å². The molecule has 0 fully saturated rings. The highest BCUT2D eigenvalue weighted by atomic mass is 79.9. The van der Waals surface area contributed by atoms with E-state index in [9.17, 15) is 9.59 Å². The molecule has 0 radical (unpaired) electrons. The zero-order valence-corrected chi connectivity index (χ0v) is 19.6. The largest absolute Gasteiger partial charge is 0.455 e. The SMILES string of the molecule is Cc1c(C(=O)NCc2ccccc2Cl)oc2c1/C(=N/NC(=O)c1cncc(Br)c1)CCC2. The number of rotatable bonds is 5. The van der Waals surface area contributed by atoms with Gasteiger partial charge in [0.1, 0.15) is 5.76 Å². The summed E-state index contributed by atoms with van der Waals surface area (Å²) >= 11 is 9.47. The fraction of sp³-hybridized carbons (Fsp3) is 0.217. The number of aromatic nitrogens is 1. The van der Waals surface area contributed by atoms with E-state index in [4.69, 9.17) is 16.0 Å². The van der Waals surface area contributed by atoms with Gasteiger partial charge in [-0.1, -0.05) is 29.8 Å². The minimum Gasteiger partial charge on any atom is -0.455 e. The van der Waals surface area contributed by atoms with Crippen LogP contribution in [0.15, 0.2) is 56.7 Å². The Morgan fingerprint density at radius 2 is 2.03 bits per heavy atom. The third kappa shape index (κ3) is 4.76. The van der Waals surface area contributed by atoms with Crippen LogP contribution in [0.5, 0.6) is 0 Å². The van der Waals surface area contributed by atoms with Crippen LogP contribution < -0.4 is 10.7 Å². The summed E-state index contributed by atoms with van der Waals surface area (Å²) in [5.41, 5.74) is 5.98. The molecule has 0 saturated heterocycles. The fourth-order valence-corrected chi connectivity index (χ4v) is 4.18. The number of hydrazone groups is 1. The summed E-state index contributed by atoms with van der Waals surface area (Å²) in [5.74, 6) is 0.269. The zero-order chi connectivity index (χ0) is 22.7. The second-order valence-electron chi connectivity index (χ2n) is 7.37. The summed E-state index contributed by atoms with van der Waals surface area (Å²) in [6, 6.07) is 9.01. The number of furan rings is 1. The summed E-state index contributed by atoms with van der Waals surface area (Å²) in [6.45, 7) is 2.12. The third-order valence-electron chi connectivity index (χ3n) is 5.19. The van der Waals surface area contributed by atoms with Crippen LogP contribution in [0.2, 0.25) is 5.02 Å². The van der Waals surface area contributed by atoms with Gasteiger partial charge < -0.3 is 9.73 Å². The smallest absolute Gasteiger partial charge is 0.287 e. The molecule has 0 unspecified atom stereocenters. The van der Waals surface area contributed by atoms with E-state index in [0.29, 0.717) is 51.5 Å². The normalized spacial score (nSPS) is 14.2. The molecule has 2 N–H and O–H groups in total. The first-order chi connectivity index (χ1) is 15.4. The Morgan fingerprint density at radius 3 is 2.81 bits per heavy atom. The number of carbonyl (C=O) groups excluding carboxylic acids is 2. The molecule has 1 aliphatic carbocycles. The number of hydrogen-bond donors (Lipinski definition) is 2. The maximum atomic E-state index is 12.8. The second kappa shape index (κ2) is 9.67. The van der Waals surface area contributed by atoms with Crippen molar-refractivity contribution < 1.29 is 14.0 Å². The minimum absolute atomic E-state index is 0.249. The molecule has 0 aliphatic heterocycles. The molecule has 9 heteroatoms. The van der Waals surface area contributed by atoms with Crippen LogP contribution in [-0.2, 0) is 13.0 Å². The van der Waals surface area contributed by atoms with Crippen LogP contribution >= 0.6 is 27.5 Å². The van der Waals surface area contributed by atoms with E-state index in [1.54, 1.807) is 18.3 Å². The Bertz CT molecular complexity index is 1220. The first-order valence-electron chi connectivity index (χ1n) is 10.1. The Kier molecular flexibility index (Phi) is 6.72. The minimum atomic E-state index is -0.364. The van der Waals surface area contributed by atoms with Crippen LogP contribution in [-0.4, -0.2) is 22.5 Å². The molecule has 7 nitrogen and oxygen atoms in total. The number of nitrogens with one attached hydrogen (secondary N) is 2. The molecule has 2 amide bonds. The van der Waals surface area contributed by atoms with Crippen molar-refractivity contribution >= 4 is 45.1 Å².